The number of alkyl halides is 3. The van der Waals surface area contributed by atoms with Gasteiger partial charge in [0, 0.05) is 38.8 Å². The summed E-state index contributed by atoms with van der Waals surface area (Å²) in [6.07, 6.45) is -2.14. The average molecular weight is 370 g/mol. The Balaban J connectivity index is 1.75. The Morgan fingerprint density at radius 1 is 1.15 bits per heavy atom. The monoisotopic (exact) mass is 370 g/mol. The van der Waals surface area contributed by atoms with Crippen LogP contribution in [-0.2, 0) is 6.18 Å². The third-order valence-electron chi connectivity index (χ3n) is 4.46. The second-order valence-corrected chi connectivity index (χ2v) is 6.47. The zero-order valence-corrected chi connectivity index (χ0v) is 15.1. The van der Waals surface area contributed by atoms with Crippen LogP contribution >= 0.6 is 0 Å². The van der Waals surface area contributed by atoms with Gasteiger partial charge in [0.1, 0.15) is 0 Å². The first-order valence-electron chi connectivity index (χ1n) is 8.72. The molecule has 5 nitrogen and oxygen atoms in total. The number of halogens is 3. The van der Waals surface area contributed by atoms with Gasteiger partial charge >= 0.3 is 6.18 Å². The Morgan fingerprint density at radius 3 is 2.27 bits per heavy atom. The summed E-state index contributed by atoms with van der Waals surface area (Å²) < 4.78 is 37.6. The smallest absolute Gasteiger partial charge is 0.354 e. The SMILES string of the molecule is CN=C(NCCNC(=O)c1ccc(C(F)(F)F)cc1)N1CCC(C)CC1. The molecule has 144 valence electrons. The first-order chi connectivity index (χ1) is 12.3. The summed E-state index contributed by atoms with van der Waals surface area (Å²) in [5, 5.41) is 5.89. The van der Waals surface area contributed by atoms with Gasteiger partial charge < -0.3 is 15.5 Å². The number of amides is 1. The zero-order valence-electron chi connectivity index (χ0n) is 15.1. The molecule has 1 aromatic carbocycles. The minimum absolute atomic E-state index is 0.201. The fourth-order valence-corrected chi connectivity index (χ4v) is 2.82. The molecule has 0 spiro atoms. The van der Waals surface area contributed by atoms with Gasteiger partial charge in [-0.15, -0.1) is 0 Å². The van der Waals surface area contributed by atoms with Crippen LogP contribution in [0, 0.1) is 5.92 Å². The number of carbonyl (C=O) groups excluding carboxylic acids is 1. The lowest BCUT2D eigenvalue weighted by atomic mass is 10.00. The predicted octanol–water partition coefficient (Wildman–Crippen LogP) is 2.74. The lowest BCUT2D eigenvalue weighted by molar-refractivity contribution is -0.137. The summed E-state index contributed by atoms with van der Waals surface area (Å²) >= 11 is 0. The van der Waals surface area contributed by atoms with Crippen molar-refractivity contribution in [3.8, 4) is 0 Å². The molecular weight excluding hydrogens is 345 g/mol. The van der Waals surface area contributed by atoms with Gasteiger partial charge in [-0.05, 0) is 43.0 Å². The van der Waals surface area contributed by atoms with Crippen LogP contribution in [0.4, 0.5) is 13.2 Å². The highest BCUT2D eigenvalue weighted by molar-refractivity contribution is 5.94. The van der Waals surface area contributed by atoms with Crippen LogP contribution in [0.1, 0.15) is 35.7 Å². The number of aliphatic imine (C=N–C) groups is 1. The Morgan fingerprint density at radius 2 is 1.73 bits per heavy atom. The van der Waals surface area contributed by atoms with E-state index in [2.05, 4.69) is 27.4 Å². The summed E-state index contributed by atoms with van der Waals surface area (Å²) in [5.74, 6) is 1.13. The first kappa shape index (κ1) is 20.1. The largest absolute Gasteiger partial charge is 0.416 e. The highest BCUT2D eigenvalue weighted by atomic mass is 19.4. The first-order valence-corrected chi connectivity index (χ1v) is 8.72. The van der Waals surface area contributed by atoms with Gasteiger partial charge in [-0.3, -0.25) is 9.79 Å². The standard InChI is InChI=1S/C18H25F3N4O/c1-13-7-11-25(12-8-13)17(22-2)24-10-9-23-16(26)14-3-5-15(6-4-14)18(19,20)21/h3-6,13H,7-12H2,1-2H3,(H,22,24)(H,23,26). The number of guanidine groups is 1. The third-order valence-corrected chi connectivity index (χ3v) is 4.46. The topological polar surface area (TPSA) is 56.7 Å². The Hall–Kier alpha value is -2.25. The maximum absolute atomic E-state index is 12.5. The molecule has 1 aromatic rings. The number of likely N-dealkylation sites (tertiary alicyclic amines) is 1. The van der Waals surface area contributed by atoms with Crippen LogP contribution in [0.3, 0.4) is 0 Å². The normalized spacial score (nSPS) is 16.5. The molecule has 2 rings (SSSR count). The fourth-order valence-electron chi connectivity index (χ4n) is 2.82. The molecular formula is C18H25F3N4O. The summed E-state index contributed by atoms with van der Waals surface area (Å²) in [7, 11) is 1.72. The van der Waals surface area contributed by atoms with E-state index in [-0.39, 0.29) is 5.56 Å². The molecule has 1 aliphatic heterocycles. The van der Waals surface area contributed by atoms with Crippen molar-refractivity contribution < 1.29 is 18.0 Å². The van der Waals surface area contributed by atoms with Crippen LogP contribution in [0.5, 0.6) is 0 Å². The summed E-state index contributed by atoms with van der Waals surface area (Å²) in [6, 6.07) is 4.18. The molecule has 0 radical (unpaired) electrons. The number of hydrogen-bond donors (Lipinski definition) is 2. The van der Waals surface area contributed by atoms with E-state index < -0.39 is 17.6 Å². The summed E-state index contributed by atoms with van der Waals surface area (Å²) in [4.78, 5) is 18.4. The van der Waals surface area contributed by atoms with Crippen molar-refractivity contribution in [3.63, 3.8) is 0 Å². The molecule has 0 atom stereocenters. The number of benzene rings is 1. The van der Waals surface area contributed by atoms with Crippen molar-refractivity contribution in [1.82, 2.24) is 15.5 Å². The van der Waals surface area contributed by atoms with E-state index in [0.717, 1.165) is 49.9 Å². The molecule has 0 aliphatic carbocycles. The number of piperidine rings is 1. The molecule has 0 unspecified atom stereocenters. The van der Waals surface area contributed by atoms with E-state index in [0.29, 0.717) is 13.1 Å². The lowest BCUT2D eigenvalue weighted by Crippen LogP contribution is -2.47. The molecule has 1 saturated heterocycles. The van der Waals surface area contributed by atoms with E-state index in [1.54, 1.807) is 7.05 Å². The second kappa shape index (κ2) is 8.91. The van der Waals surface area contributed by atoms with E-state index in [1.807, 2.05) is 0 Å². The Kier molecular flexibility index (Phi) is 6.88. The minimum atomic E-state index is -4.40. The molecule has 0 aromatic heterocycles. The van der Waals surface area contributed by atoms with Crippen LogP contribution in [0.2, 0.25) is 0 Å². The van der Waals surface area contributed by atoms with Gasteiger partial charge in [0.05, 0.1) is 5.56 Å². The summed E-state index contributed by atoms with van der Waals surface area (Å²) in [5.41, 5.74) is -0.567. The molecule has 2 N–H and O–H groups in total. The number of rotatable bonds is 4. The number of carbonyl (C=O) groups is 1. The van der Waals surface area contributed by atoms with Crippen LogP contribution in [0.15, 0.2) is 29.3 Å². The van der Waals surface area contributed by atoms with E-state index >= 15 is 0 Å². The molecule has 1 aliphatic rings. The van der Waals surface area contributed by atoms with Crippen molar-refractivity contribution in [1.29, 1.82) is 0 Å². The van der Waals surface area contributed by atoms with Crippen molar-refractivity contribution >= 4 is 11.9 Å². The minimum Gasteiger partial charge on any atom is -0.354 e. The Labute approximate surface area is 151 Å². The molecule has 1 heterocycles. The predicted molar refractivity (Wildman–Crippen MR) is 95.1 cm³/mol. The van der Waals surface area contributed by atoms with Crippen molar-refractivity contribution in [2.75, 3.05) is 33.2 Å². The van der Waals surface area contributed by atoms with Gasteiger partial charge in [0.15, 0.2) is 5.96 Å². The Bertz CT molecular complexity index is 620. The van der Waals surface area contributed by atoms with Gasteiger partial charge in [0.2, 0.25) is 0 Å². The maximum Gasteiger partial charge on any atom is 0.416 e. The van der Waals surface area contributed by atoms with Gasteiger partial charge in [-0.2, -0.15) is 13.2 Å². The molecule has 8 heteroatoms. The maximum atomic E-state index is 12.5. The van der Waals surface area contributed by atoms with Gasteiger partial charge in [-0.25, -0.2) is 0 Å². The number of nitrogens with one attached hydrogen (secondary N) is 2. The molecule has 0 bridgehead atoms. The molecule has 1 amide bonds. The van der Waals surface area contributed by atoms with Crippen molar-refractivity contribution in [2.24, 2.45) is 10.9 Å². The van der Waals surface area contributed by atoms with Crippen molar-refractivity contribution in [2.45, 2.75) is 25.9 Å². The zero-order chi connectivity index (χ0) is 19.2. The molecule has 1 fully saturated rings. The highest BCUT2D eigenvalue weighted by Gasteiger charge is 2.30. The average Bonchev–Trinajstić information content (AvgIpc) is 2.62. The van der Waals surface area contributed by atoms with Gasteiger partial charge in [-0.1, -0.05) is 6.92 Å². The molecule has 0 saturated carbocycles. The van der Waals surface area contributed by atoms with Crippen LogP contribution in [0.25, 0.3) is 0 Å². The third kappa shape index (κ3) is 5.64. The van der Waals surface area contributed by atoms with Crippen LogP contribution in [-0.4, -0.2) is 50.0 Å². The quantitative estimate of drug-likeness (QED) is 0.487. The number of nitrogens with zero attached hydrogens (tertiary/aromatic N) is 2. The van der Waals surface area contributed by atoms with Crippen molar-refractivity contribution in [3.05, 3.63) is 35.4 Å². The highest BCUT2D eigenvalue weighted by Crippen LogP contribution is 2.29. The van der Waals surface area contributed by atoms with Gasteiger partial charge in [0.25, 0.3) is 5.91 Å². The summed E-state index contributed by atoms with van der Waals surface area (Å²) in [6.45, 7) is 5.00. The van der Waals surface area contributed by atoms with E-state index in [9.17, 15) is 18.0 Å². The number of hydrogen-bond acceptors (Lipinski definition) is 2. The van der Waals surface area contributed by atoms with E-state index in [1.165, 1.54) is 12.1 Å². The van der Waals surface area contributed by atoms with E-state index in [4.69, 9.17) is 0 Å². The second-order valence-electron chi connectivity index (χ2n) is 6.47. The van der Waals surface area contributed by atoms with Crippen LogP contribution < -0.4 is 10.6 Å². The fraction of sp³-hybridized carbons (Fsp3) is 0.556. The molecule has 26 heavy (non-hydrogen) atoms. The lowest BCUT2D eigenvalue weighted by Gasteiger charge is -2.32.